The van der Waals surface area contributed by atoms with Crippen LogP contribution in [-0.2, 0) is 11.3 Å². The van der Waals surface area contributed by atoms with Crippen LogP contribution < -0.4 is 5.32 Å². The topological polar surface area (TPSA) is 80.0 Å². The van der Waals surface area contributed by atoms with Gasteiger partial charge in [-0.1, -0.05) is 23.4 Å². The molecule has 0 saturated carbocycles. The first-order valence-electron chi connectivity index (χ1n) is 6.20. The first kappa shape index (κ1) is 15.0. The highest BCUT2D eigenvalue weighted by Crippen LogP contribution is 2.20. The van der Waals surface area contributed by atoms with Crippen molar-refractivity contribution in [1.82, 2.24) is 14.8 Å². The average molecular weight is 305 g/mol. The number of hydrogen-bond donors (Lipinski definition) is 2. The number of carbonyl (C=O) groups excluding carboxylic acids is 1. The quantitative estimate of drug-likeness (QED) is 0.835. The lowest BCUT2D eigenvalue weighted by Gasteiger charge is -2.08. The number of anilines is 1. The lowest BCUT2D eigenvalue weighted by molar-refractivity contribution is -0.116. The molecular formula is C14H13ClN4O2. The molecule has 0 fully saturated rings. The van der Waals surface area contributed by atoms with Gasteiger partial charge in [0.25, 0.3) is 0 Å². The van der Waals surface area contributed by atoms with E-state index < -0.39 is 0 Å². The molecule has 6 nitrogen and oxygen atoms in total. The van der Waals surface area contributed by atoms with Gasteiger partial charge in [0.1, 0.15) is 19.2 Å². The minimum Gasteiger partial charge on any atom is -0.395 e. The third-order valence-electron chi connectivity index (χ3n) is 2.49. The molecule has 108 valence electrons. The maximum absolute atomic E-state index is 11.9. The van der Waals surface area contributed by atoms with Gasteiger partial charge in [0, 0.05) is 17.0 Å². The summed E-state index contributed by atoms with van der Waals surface area (Å²) in [6.07, 6.45) is 3.19. The van der Waals surface area contributed by atoms with E-state index in [-0.39, 0.29) is 19.1 Å². The van der Waals surface area contributed by atoms with E-state index in [2.05, 4.69) is 27.2 Å². The van der Waals surface area contributed by atoms with Crippen molar-refractivity contribution in [2.24, 2.45) is 0 Å². The molecule has 1 aromatic heterocycles. The molecule has 0 unspecified atom stereocenters. The predicted molar refractivity (Wildman–Crippen MR) is 78.7 cm³/mol. The van der Waals surface area contributed by atoms with Crippen LogP contribution in [0.15, 0.2) is 30.9 Å². The lowest BCUT2D eigenvalue weighted by Crippen LogP contribution is -2.19. The van der Waals surface area contributed by atoms with E-state index in [9.17, 15) is 4.79 Å². The number of halogens is 1. The van der Waals surface area contributed by atoms with Gasteiger partial charge in [-0.2, -0.15) is 5.10 Å². The van der Waals surface area contributed by atoms with Crippen molar-refractivity contribution in [3.63, 3.8) is 0 Å². The number of carbonyl (C=O) groups is 1. The van der Waals surface area contributed by atoms with Gasteiger partial charge < -0.3 is 10.4 Å². The fourth-order valence-corrected chi connectivity index (χ4v) is 1.77. The summed E-state index contributed by atoms with van der Waals surface area (Å²) in [5, 5.41) is 15.8. The normalized spacial score (nSPS) is 9.81. The number of rotatable bonds is 4. The molecular weight excluding hydrogens is 292 g/mol. The third-order valence-corrected chi connectivity index (χ3v) is 2.72. The Morgan fingerprint density at radius 1 is 1.48 bits per heavy atom. The summed E-state index contributed by atoms with van der Waals surface area (Å²) < 4.78 is 1.41. The fraction of sp³-hybridized carbons (Fsp3) is 0.214. The van der Waals surface area contributed by atoms with Gasteiger partial charge >= 0.3 is 0 Å². The molecule has 0 aliphatic rings. The Hall–Kier alpha value is -2.36. The number of aliphatic hydroxyl groups excluding tert-OH is 1. The molecule has 0 saturated heterocycles. The Morgan fingerprint density at radius 3 is 3.05 bits per heavy atom. The standard InChI is InChI=1S/C14H13ClN4O2/c15-12-5-4-11(3-1-2-6-20)13(7-12)18-14(21)8-19-10-16-9-17-19/h4-5,7,9-10,20H,2,6,8H2,(H,18,21). The zero-order valence-electron chi connectivity index (χ0n) is 11.1. The van der Waals surface area contributed by atoms with Crippen molar-refractivity contribution < 1.29 is 9.90 Å². The Kier molecular flexibility index (Phi) is 5.32. The van der Waals surface area contributed by atoms with Crippen LogP contribution in [0.4, 0.5) is 5.69 Å². The molecule has 2 aromatic rings. The van der Waals surface area contributed by atoms with Crippen molar-refractivity contribution in [3.8, 4) is 11.8 Å². The van der Waals surface area contributed by atoms with E-state index in [1.54, 1.807) is 18.2 Å². The molecule has 1 amide bonds. The van der Waals surface area contributed by atoms with Crippen LogP contribution in [0, 0.1) is 11.8 Å². The molecule has 0 aliphatic heterocycles. The summed E-state index contributed by atoms with van der Waals surface area (Å²) in [4.78, 5) is 15.7. The molecule has 0 atom stereocenters. The molecule has 1 heterocycles. The van der Waals surface area contributed by atoms with Crippen molar-refractivity contribution in [3.05, 3.63) is 41.4 Å². The molecule has 1 aromatic carbocycles. The summed E-state index contributed by atoms with van der Waals surface area (Å²) in [6, 6.07) is 5.04. The van der Waals surface area contributed by atoms with Gasteiger partial charge in [-0.05, 0) is 18.2 Å². The van der Waals surface area contributed by atoms with Crippen LogP contribution >= 0.6 is 11.6 Å². The lowest BCUT2D eigenvalue weighted by atomic mass is 10.1. The van der Waals surface area contributed by atoms with Crippen molar-refractivity contribution in [2.45, 2.75) is 13.0 Å². The highest BCUT2D eigenvalue weighted by Gasteiger charge is 2.07. The number of hydrogen-bond acceptors (Lipinski definition) is 4. The van der Waals surface area contributed by atoms with E-state index in [0.717, 1.165) is 0 Å². The monoisotopic (exact) mass is 304 g/mol. The van der Waals surface area contributed by atoms with E-state index in [4.69, 9.17) is 16.7 Å². The minimum absolute atomic E-state index is 0.00538. The Morgan fingerprint density at radius 2 is 2.33 bits per heavy atom. The smallest absolute Gasteiger partial charge is 0.246 e. The van der Waals surface area contributed by atoms with Crippen molar-refractivity contribution in [1.29, 1.82) is 0 Å². The first-order valence-corrected chi connectivity index (χ1v) is 6.58. The Labute approximate surface area is 126 Å². The van der Waals surface area contributed by atoms with Gasteiger partial charge in [-0.25, -0.2) is 9.67 Å². The molecule has 0 aliphatic carbocycles. The van der Waals surface area contributed by atoms with Gasteiger partial charge in [-0.15, -0.1) is 0 Å². The second-order valence-corrected chi connectivity index (χ2v) is 4.54. The summed E-state index contributed by atoms with van der Waals surface area (Å²) in [7, 11) is 0. The number of benzene rings is 1. The Balaban J connectivity index is 2.12. The maximum Gasteiger partial charge on any atom is 0.246 e. The van der Waals surface area contributed by atoms with Gasteiger partial charge in [0.15, 0.2) is 0 Å². The van der Waals surface area contributed by atoms with Crippen molar-refractivity contribution >= 4 is 23.2 Å². The summed E-state index contributed by atoms with van der Waals surface area (Å²) >= 11 is 5.94. The van der Waals surface area contributed by atoms with Gasteiger partial charge in [-0.3, -0.25) is 4.79 Å². The van der Waals surface area contributed by atoms with Gasteiger partial charge in [0.2, 0.25) is 5.91 Å². The van der Waals surface area contributed by atoms with E-state index in [0.29, 0.717) is 22.7 Å². The second kappa shape index (κ2) is 7.43. The Bertz CT molecular complexity index is 674. The zero-order valence-corrected chi connectivity index (χ0v) is 11.8. The summed E-state index contributed by atoms with van der Waals surface area (Å²) in [5.41, 5.74) is 1.16. The van der Waals surface area contributed by atoms with Crippen LogP contribution in [0.5, 0.6) is 0 Å². The summed E-state index contributed by atoms with van der Waals surface area (Å²) in [6.45, 7) is 0.0462. The van der Waals surface area contributed by atoms with Crippen molar-refractivity contribution in [2.75, 3.05) is 11.9 Å². The highest BCUT2D eigenvalue weighted by atomic mass is 35.5. The van der Waals surface area contributed by atoms with Crippen LogP contribution in [-0.4, -0.2) is 32.4 Å². The average Bonchev–Trinajstić information content (AvgIpc) is 2.94. The van der Waals surface area contributed by atoms with E-state index in [1.165, 1.54) is 17.3 Å². The number of nitrogens with zero attached hydrogens (tertiary/aromatic N) is 3. The SMILES string of the molecule is O=C(Cn1cncn1)Nc1cc(Cl)ccc1C#CCCO. The fourth-order valence-electron chi connectivity index (χ4n) is 1.59. The maximum atomic E-state index is 11.9. The minimum atomic E-state index is -0.257. The zero-order chi connectivity index (χ0) is 15.1. The molecule has 2 rings (SSSR count). The number of aromatic nitrogens is 3. The first-order chi connectivity index (χ1) is 10.2. The largest absolute Gasteiger partial charge is 0.395 e. The molecule has 0 spiro atoms. The highest BCUT2D eigenvalue weighted by molar-refractivity contribution is 6.31. The predicted octanol–water partition coefficient (Wildman–Crippen LogP) is 1.30. The molecule has 0 bridgehead atoms. The summed E-state index contributed by atoms with van der Waals surface area (Å²) in [5.74, 6) is 5.44. The van der Waals surface area contributed by atoms with Gasteiger partial charge in [0.05, 0.1) is 12.3 Å². The van der Waals surface area contributed by atoms with Crippen LogP contribution in [0.3, 0.4) is 0 Å². The third kappa shape index (κ3) is 4.60. The molecule has 0 radical (unpaired) electrons. The number of aliphatic hydroxyl groups is 1. The molecule has 21 heavy (non-hydrogen) atoms. The molecule has 2 N–H and O–H groups in total. The number of amides is 1. The second-order valence-electron chi connectivity index (χ2n) is 4.11. The number of nitrogens with one attached hydrogen (secondary N) is 1. The van der Waals surface area contributed by atoms with Crippen LogP contribution in [0.2, 0.25) is 5.02 Å². The van der Waals surface area contributed by atoms with Crippen LogP contribution in [0.1, 0.15) is 12.0 Å². The van der Waals surface area contributed by atoms with Crippen LogP contribution in [0.25, 0.3) is 0 Å². The van der Waals surface area contributed by atoms with E-state index in [1.807, 2.05) is 0 Å². The van der Waals surface area contributed by atoms with E-state index >= 15 is 0 Å². The molecule has 7 heteroatoms.